The number of hydrogen-bond donors (Lipinski definition) is 2. The van der Waals surface area contributed by atoms with E-state index in [4.69, 9.17) is 53.1 Å². The molecule has 4 atom stereocenters. The lowest BCUT2D eigenvalue weighted by molar-refractivity contribution is -0.0532. The lowest BCUT2D eigenvalue weighted by atomic mass is 10.1. The summed E-state index contributed by atoms with van der Waals surface area (Å²) in [7, 11) is -4.81. The molecule has 11 nitrogen and oxygen atoms in total. The van der Waals surface area contributed by atoms with E-state index in [-0.39, 0.29) is 27.9 Å². The van der Waals surface area contributed by atoms with E-state index in [1.807, 2.05) is 6.07 Å². The number of aromatic nitrogens is 2. The van der Waals surface area contributed by atoms with Gasteiger partial charge in [0, 0.05) is 5.56 Å². The maximum Gasteiger partial charge on any atom is 0.413 e. The van der Waals surface area contributed by atoms with Crippen molar-refractivity contribution in [2.45, 2.75) is 126 Å². The number of aliphatic hydroxyl groups is 1. The highest BCUT2D eigenvalue weighted by Gasteiger charge is 2.52. The van der Waals surface area contributed by atoms with Crippen LogP contribution in [-0.2, 0) is 18.3 Å². The van der Waals surface area contributed by atoms with Gasteiger partial charge in [-0.25, -0.2) is 9.59 Å². The molecule has 1 fully saturated rings. The Kier molecular flexibility index (Phi) is 13.2. The number of carbonyl (C=O) groups excluding carboxylic acids is 2. The summed E-state index contributed by atoms with van der Waals surface area (Å²) in [4.78, 5) is 43.7. The second-order valence-corrected chi connectivity index (χ2v) is 27.9. The van der Waals surface area contributed by atoms with Crippen molar-refractivity contribution in [2.75, 3.05) is 11.9 Å². The van der Waals surface area contributed by atoms with Crippen LogP contribution < -0.4 is 11.0 Å². The minimum absolute atomic E-state index is 0.0849. The number of hydrogen-bond acceptors (Lipinski definition) is 9. The van der Waals surface area contributed by atoms with E-state index in [1.165, 1.54) is 13.8 Å². The van der Waals surface area contributed by atoms with Crippen LogP contribution in [0.3, 0.4) is 0 Å². The van der Waals surface area contributed by atoms with Crippen LogP contribution in [0.25, 0.3) is 0 Å². The van der Waals surface area contributed by atoms with Crippen LogP contribution >= 0.6 is 34.8 Å². The molecule has 0 aliphatic carbocycles. The van der Waals surface area contributed by atoms with Crippen LogP contribution in [0.1, 0.15) is 83.2 Å². The molecule has 0 saturated carbocycles. The predicted molar refractivity (Wildman–Crippen MR) is 206 cm³/mol. The van der Waals surface area contributed by atoms with Crippen molar-refractivity contribution in [1.29, 1.82) is 0 Å². The number of nitrogens with one attached hydrogen (secondary N) is 1. The van der Waals surface area contributed by atoms with Gasteiger partial charge in [0.2, 0.25) is 3.79 Å². The van der Waals surface area contributed by atoms with Gasteiger partial charge in [-0.15, -0.1) is 0 Å². The highest BCUT2D eigenvalue weighted by Crippen LogP contribution is 2.43. The molecule has 0 radical (unpaired) electrons. The number of alkyl halides is 3. The number of ether oxygens (including phenoxy) is 2. The fourth-order valence-corrected chi connectivity index (χ4v) is 6.87. The van der Waals surface area contributed by atoms with E-state index in [0.29, 0.717) is 11.8 Å². The summed E-state index contributed by atoms with van der Waals surface area (Å²) >= 11 is 17.9. The second kappa shape index (κ2) is 15.6. The second-order valence-electron chi connectivity index (χ2n) is 16.1. The Labute approximate surface area is 317 Å². The average Bonchev–Trinajstić information content (AvgIpc) is 3.27. The van der Waals surface area contributed by atoms with Gasteiger partial charge < -0.3 is 23.4 Å². The Morgan fingerprint density at radius 2 is 1.57 bits per heavy atom. The van der Waals surface area contributed by atoms with Crippen LogP contribution in [0, 0.1) is 11.8 Å². The minimum atomic E-state index is -2.52. The van der Waals surface area contributed by atoms with Gasteiger partial charge in [0.05, 0.1) is 12.2 Å². The van der Waals surface area contributed by atoms with Crippen LogP contribution in [0.4, 0.5) is 10.6 Å². The maximum absolute atomic E-state index is 14.0. The van der Waals surface area contributed by atoms with Gasteiger partial charge in [-0.2, -0.15) is 4.98 Å². The molecule has 0 bridgehead atoms. The van der Waals surface area contributed by atoms with Crippen molar-refractivity contribution in [3.05, 3.63) is 57.6 Å². The van der Waals surface area contributed by atoms with Gasteiger partial charge in [-0.3, -0.25) is 14.7 Å². The average molecular weight is 803 g/mol. The van der Waals surface area contributed by atoms with Crippen LogP contribution in [-0.4, -0.2) is 78.0 Å². The molecule has 282 valence electrons. The largest absolute Gasteiger partial charge is 0.439 e. The Morgan fingerprint density at radius 3 is 2.08 bits per heavy atom. The van der Waals surface area contributed by atoms with E-state index < -0.39 is 68.2 Å². The summed E-state index contributed by atoms with van der Waals surface area (Å²) in [6.45, 7) is 23.7. The molecule has 2 aromatic rings. The number of nitrogens with zero attached hydrogens (tertiary/aromatic N) is 2. The summed E-state index contributed by atoms with van der Waals surface area (Å²) in [6, 6.07) is 8.85. The third-order valence-electron chi connectivity index (χ3n) is 9.85. The van der Waals surface area contributed by atoms with Crippen molar-refractivity contribution >= 4 is 69.6 Å². The van der Waals surface area contributed by atoms with E-state index in [9.17, 15) is 19.5 Å². The Balaban J connectivity index is 2.21. The summed E-state index contributed by atoms with van der Waals surface area (Å²) in [5.74, 6) is 5.39. The minimum Gasteiger partial charge on any atom is -0.439 e. The number of rotatable bonds is 9. The van der Waals surface area contributed by atoms with Crippen molar-refractivity contribution in [2.24, 2.45) is 0 Å². The molecule has 1 aliphatic rings. The molecule has 2 heterocycles. The van der Waals surface area contributed by atoms with Crippen molar-refractivity contribution < 1.29 is 33.0 Å². The molecule has 1 saturated heterocycles. The Hall–Kier alpha value is -2.26. The number of aldehydes is 1. The van der Waals surface area contributed by atoms with Gasteiger partial charge in [-0.1, -0.05) is 100 Å². The molecule has 0 spiro atoms. The summed E-state index contributed by atoms with van der Waals surface area (Å²) in [5.41, 5.74) is -2.48. The highest BCUT2D eigenvalue weighted by atomic mass is 35.6. The maximum atomic E-state index is 14.0. The molecular formula is C35H50Cl3N3O8Si2. The smallest absolute Gasteiger partial charge is 0.413 e. The summed E-state index contributed by atoms with van der Waals surface area (Å²) in [6.07, 6.45) is -5.26. The molecule has 1 aromatic heterocycles. The van der Waals surface area contributed by atoms with Crippen molar-refractivity contribution in [1.82, 2.24) is 9.55 Å². The number of halogens is 3. The van der Waals surface area contributed by atoms with E-state index in [2.05, 4.69) is 89.9 Å². The van der Waals surface area contributed by atoms with Gasteiger partial charge in [0.1, 0.15) is 24.0 Å². The molecule has 3 rings (SSSR count). The molecule has 1 amide bonds. The zero-order valence-corrected chi connectivity index (χ0v) is 35.6. The molecule has 1 aliphatic heterocycles. The topological polar surface area (TPSA) is 138 Å². The van der Waals surface area contributed by atoms with Crippen molar-refractivity contribution in [3.8, 4) is 11.8 Å². The quantitative estimate of drug-likeness (QED) is 0.113. The number of aliphatic hydroxyl groups excluding tert-OH is 1. The van der Waals surface area contributed by atoms with Gasteiger partial charge in [-0.05, 0) is 68.2 Å². The van der Waals surface area contributed by atoms with E-state index in [1.54, 1.807) is 24.3 Å². The number of benzene rings is 1. The standard InChI is InChI=1S/C35H50Cl3N3O8Si2/c1-32(2,3)50(9,10)46-21-25-27(49-51(11,12)33(4,5)6)26(43)29(47-25)41-24(19-18-22-16-14-13-15-17-22)23(20-42)28(39-30(41)44)40-31(45)48-34(7,8)35(36,37)38/h13-17,20,25-27,29,43H,21H2,1-12H3,(H,39,40,44,45)/t25-,26-,27-,29-/m1/s1. The number of carbonyl (C=O) groups is 2. The first-order chi connectivity index (χ1) is 23.1. The summed E-state index contributed by atoms with van der Waals surface area (Å²) in [5, 5.41) is 14.0. The normalized spacial score (nSPS) is 20.4. The molecule has 2 N–H and O–H groups in total. The zero-order valence-electron chi connectivity index (χ0n) is 31.3. The first-order valence-corrected chi connectivity index (χ1v) is 23.5. The van der Waals surface area contributed by atoms with Gasteiger partial charge in [0.25, 0.3) is 0 Å². The molecular weight excluding hydrogens is 753 g/mol. The Morgan fingerprint density at radius 1 is 1.00 bits per heavy atom. The third kappa shape index (κ3) is 10.0. The molecule has 0 unspecified atom stereocenters. The predicted octanol–water partition coefficient (Wildman–Crippen LogP) is 7.82. The molecule has 51 heavy (non-hydrogen) atoms. The van der Waals surface area contributed by atoms with Crippen LogP contribution in [0.2, 0.25) is 36.3 Å². The third-order valence-corrected chi connectivity index (χ3v) is 20.2. The lowest BCUT2D eigenvalue weighted by Gasteiger charge is -2.41. The van der Waals surface area contributed by atoms with Crippen LogP contribution in [0.15, 0.2) is 35.1 Å². The van der Waals surface area contributed by atoms with Gasteiger partial charge in [0.15, 0.2) is 40.6 Å². The molecule has 16 heteroatoms. The fraction of sp³-hybridized carbons (Fsp3) is 0.600. The fourth-order valence-electron chi connectivity index (χ4n) is 4.42. The van der Waals surface area contributed by atoms with Crippen molar-refractivity contribution in [3.63, 3.8) is 0 Å². The molecule has 1 aromatic carbocycles. The monoisotopic (exact) mass is 801 g/mol. The zero-order chi connectivity index (χ0) is 39.0. The highest BCUT2D eigenvalue weighted by molar-refractivity contribution is 6.74. The first kappa shape index (κ1) is 43.2. The number of anilines is 1. The SMILES string of the molecule is CC(C)(OC(=O)Nc1nc(=O)n([C@@H]2O[C@H](CO[Si](C)(C)C(C)(C)C)[C@@H](O[Si](C)(C)C(C)(C)C)[C@H]2O)c(C#Cc2ccccc2)c1C=O)C(Cl)(Cl)Cl. The number of amides is 1. The Bertz CT molecular complexity index is 1710. The van der Waals surface area contributed by atoms with Crippen LogP contribution in [0.5, 0.6) is 0 Å². The van der Waals surface area contributed by atoms with E-state index >= 15 is 0 Å². The lowest BCUT2D eigenvalue weighted by Crippen LogP contribution is -2.51. The first-order valence-electron chi connectivity index (χ1n) is 16.5. The van der Waals surface area contributed by atoms with Gasteiger partial charge >= 0.3 is 11.8 Å². The van der Waals surface area contributed by atoms with E-state index in [0.717, 1.165) is 4.57 Å². The summed E-state index contributed by atoms with van der Waals surface area (Å²) < 4.78 is 24.1.